The lowest BCUT2D eigenvalue weighted by atomic mass is 9.85. The molecule has 0 saturated carbocycles. The standard InChI is InChI=1S/C37H30N2O4S2/c1-26-16-20-29(21-17-26)44(40,41)38-24-33(31-12-6-8-14-35(31)38)37(28-10-4-3-5-11-28)34-25-39(36-15-9-7-13-32(34)36)45(42,43)30-22-18-27(2)19-23-30/h3-25,37H,1-2H3. The van der Waals surface area contributed by atoms with Crippen molar-refractivity contribution in [3.8, 4) is 0 Å². The number of benzene rings is 5. The second kappa shape index (κ2) is 10.9. The molecule has 2 heterocycles. The topological polar surface area (TPSA) is 78.1 Å². The Morgan fingerprint density at radius 2 is 0.844 bits per heavy atom. The fraction of sp³-hybridized carbons (Fsp3) is 0.0811. The molecule has 5 aromatic carbocycles. The first-order valence-corrected chi connectivity index (χ1v) is 17.4. The van der Waals surface area contributed by atoms with Crippen LogP contribution in [-0.4, -0.2) is 24.8 Å². The van der Waals surface area contributed by atoms with Gasteiger partial charge in [0.2, 0.25) is 0 Å². The van der Waals surface area contributed by atoms with E-state index in [0.717, 1.165) is 38.6 Å². The molecule has 0 spiro atoms. The van der Waals surface area contributed by atoms with Gasteiger partial charge in [-0.1, -0.05) is 102 Å². The maximum atomic E-state index is 14.1. The van der Waals surface area contributed by atoms with Crippen molar-refractivity contribution in [3.05, 3.63) is 168 Å². The van der Waals surface area contributed by atoms with Crippen molar-refractivity contribution < 1.29 is 16.8 Å². The molecule has 0 radical (unpaired) electrons. The Bertz CT molecular complexity index is 2250. The van der Waals surface area contributed by atoms with Crippen molar-refractivity contribution >= 4 is 41.9 Å². The zero-order valence-corrected chi connectivity index (χ0v) is 26.3. The lowest BCUT2D eigenvalue weighted by Gasteiger charge is -2.17. The second-order valence-corrected chi connectivity index (χ2v) is 14.9. The van der Waals surface area contributed by atoms with Gasteiger partial charge in [-0.3, -0.25) is 0 Å². The van der Waals surface area contributed by atoms with Gasteiger partial charge in [-0.05, 0) is 66.9 Å². The Morgan fingerprint density at radius 1 is 0.467 bits per heavy atom. The van der Waals surface area contributed by atoms with E-state index in [2.05, 4.69) is 0 Å². The van der Waals surface area contributed by atoms with Gasteiger partial charge in [0.15, 0.2) is 0 Å². The Morgan fingerprint density at radius 3 is 1.27 bits per heavy atom. The third-order valence-corrected chi connectivity index (χ3v) is 11.7. The summed E-state index contributed by atoms with van der Waals surface area (Å²) in [6, 6.07) is 38.3. The van der Waals surface area contributed by atoms with Gasteiger partial charge in [0.25, 0.3) is 20.0 Å². The van der Waals surface area contributed by atoms with Gasteiger partial charge in [-0.2, -0.15) is 0 Å². The number of hydrogen-bond acceptors (Lipinski definition) is 4. The Labute approximate surface area is 262 Å². The first-order valence-electron chi connectivity index (χ1n) is 14.6. The van der Waals surface area contributed by atoms with Gasteiger partial charge < -0.3 is 0 Å². The molecule has 0 amide bonds. The van der Waals surface area contributed by atoms with Crippen LogP contribution in [0.2, 0.25) is 0 Å². The number of fused-ring (bicyclic) bond motifs is 2. The molecule has 0 N–H and O–H groups in total. The van der Waals surface area contributed by atoms with E-state index in [1.54, 1.807) is 73.1 Å². The van der Waals surface area contributed by atoms with Crippen LogP contribution in [0.15, 0.2) is 150 Å². The van der Waals surface area contributed by atoms with Crippen molar-refractivity contribution in [1.82, 2.24) is 7.94 Å². The molecule has 7 aromatic rings. The highest BCUT2D eigenvalue weighted by Crippen LogP contribution is 2.42. The van der Waals surface area contributed by atoms with Gasteiger partial charge in [0.1, 0.15) is 0 Å². The van der Waals surface area contributed by atoms with Crippen LogP contribution in [-0.2, 0) is 20.0 Å². The van der Waals surface area contributed by atoms with E-state index < -0.39 is 26.0 Å². The summed E-state index contributed by atoms with van der Waals surface area (Å²) in [7, 11) is -7.89. The molecule has 0 saturated heterocycles. The van der Waals surface area contributed by atoms with Gasteiger partial charge in [-0.15, -0.1) is 0 Å². The summed E-state index contributed by atoms with van der Waals surface area (Å²) < 4.78 is 59.0. The molecule has 45 heavy (non-hydrogen) atoms. The molecule has 2 aromatic heterocycles. The van der Waals surface area contributed by atoms with E-state index in [4.69, 9.17) is 0 Å². The fourth-order valence-corrected chi connectivity index (χ4v) is 8.78. The Hall–Kier alpha value is -4.92. The fourth-order valence-electron chi connectivity index (χ4n) is 6.03. The Kier molecular flexibility index (Phi) is 6.99. The number of aryl methyl sites for hydroxylation is 2. The normalized spacial score (nSPS) is 12.3. The smallest absolute Gasteiger partial charge is 0.241 e. The van der Waals surface area contributed by atoms with Crippen LogP contribution in [0.1, 0.15) is 33.7 Å². The summed E-state index contributed by atoms with van der Waals surface area (Å²) in [4.78, 5) is 0.384. The average Bonchev–Trinajstić information content (AvgIpc) is 3.63. The molecule has 224 valence electrons. The number of aromatic nitrogens is 2. The third-order valence-electron chi connectivity index (χ3n) is 8.33. The predicted octanol–water partition coefficient (Wildman–Crippen LogP) is 7.87. The van der Waals surface area contributed by atoms with Gasteiger partial charge in [0.05, 0.1) is 20.8 Å². The molecule has 8 heteroatoms. The van der Waals surface area contributed by atoms with Gasteiger partial charge >= 0.3 is 0 Å². The zero-order chi connectivity index (χ0) is 31.3. The minimum Gasteiger partial charge on any atom is -0.241 e. The summed E-state index contributed by atoms with van der Waals surface area (Å²) in [6.07, 6.45) is 3.39. The zero-order valence-electron chi connectivity index (χ0n) is 24.7. The average molecular weight is 631 g/mol. The summed E-state index contributed by atoms with van der Waals surface area (Å²) in [5.74, 6) is -0.482. The van der Waals surface area contributed by atoms with Crippen molar-refractivity contribution in [2.24, 2.45) is 0 Å². The molecule has 0 aliphatic heterocycles. The summed E-state index contributed by atoms with van der Waals surface area (Å²) in [5, 5.41) is 1.53. The highest BCUT2D eigenvalue weighted by Gasteiger charge is 2.30. The van der Waals surface area contributed by atoms with E-state index in [1.807, 2.05) is 80.6 Å². The minimum atomic E-state index is -3.94. The van der Waals surface area contributed by atoms with Crippen LogP contribution in [0.4, 0.5) is 0 Å². The lowest BCUT2D eigenvalue weighted by molar-refractivity contribution is 0.587. The first kappa shape index (κ1) is 28.8. The third kappa shape index (κ3) is 4.87. The number of rotatable bonds is 7. The Balaban J connectivity index is 1.51. The molecule has 6 nitrogen and oxygen atoms in total. The van der Waals surface area contributed by atoms with Crippen LogP contribution < -0.4 is 0 Å². The van der Waals surface area contributed by atoms with Crippen LogP contribution in [0.25, 0.3) is 21.8 Å². The quantitative estimate of drug-likeness (QED) is 0.180. The maximum Gasteiger partial charge on any atom is 0.268 e. The van der Waals surface area contributed by atoms with E-state index >= 15 is 0 Å². The molecule has 0 atom stereocenters. The number of nitrogens with zero attached hydrogens (tertiary/aromatic N) is 2. The largest absolute Gasteiger partial charge is 0.268 e. The highest BCUT2D eigenvalue weighted by atomic mass is 32.2. The van der Waals surface area contributed by atoms with E-state index in [9.17, 15) is 16.8 Å². The predicted molar refractivity (Wildman–Crippen MR) is 179 cm³/mol. The summed E-state index contributed by atoms with van der Waals surface area (Å²) in [6.45, 7) is 3.83. The number of hydrogen-bond donors (Lipinski definition) is 0. The SMILES string of the molecule is Cc1ccc(S(=O)(=O)n2cc(C(c3ccccc3)c3cn(S(=O)(=O)c4ccc(C)cc4)c4ccccc34)c3ccccc32)cc1. The molecular formula is C37H30N2O4S2. The lowest BCUT2D eigenvalue weighted by Crippen LogP contribution is -2.12. The van der Waals surface area contributed by atoms with Crippen LogP contribution >= 0.6 is 0 Å². The molecule has 7 rings (SSSR count). The molecule has 0 aliphatic carbocycles. The van der Waals surface area contributed by atoms with Crippen molar-refractivity contribution in [2.75, 3.05) is 0 Å². The van der Waals surface area contributed by atoms with E-state index in [0.29, 0.717) is 11.0 Å². The molecule has 0 bridgehead atoms. The van der Waals surface area contributed by atoms with Crippen molar-refractivity contribution in [3.63, 3.8) is 0 Å². The van der Waals surface area contributed by atoms with E-state index in [1.165, 1.54) is 7.94 Å². The van der Waals surface area contributed by atoms with Gasteiger partial charge in [0, 0.05) is 29.1 Å². The molecule has 0 unspecified atom stereocenters. The maximum absolute atomic E-state index is 14.1. The van der Waals surface area contributed by atoms with Crippen molar-refractivity contribution in [1.29, 1.82) is 0 Å². The van der Waals surface area contributed by atoms with Gasteiger partial charge in [-0.25, -0.2) is 24.8 Å². The number of para-hydroxylation sites is 2. The second-order valence-electron chi connectivity index (χ2n) is 11.3. The molecular weight excluding hydrogens is 601 g/mol. The van der Waals surface area contributed by atoms with Crippen LogP contribution in [0, 0.1) is 13.8 Å². The molecule has 0 fully saturated rings. The van der Waals surface area contributed by atoms with Crippen molar-refractivity contribution in [2.45, 2.75) is 29.6 Å². The first-order chi connectivity index (χ1) is 21.7. The minimum absolute atomic E-state index is 0.192. The highest BCUT2D eigenvalue weighted by molar-refractivity contribution is 7.90. The summed E-state index contributed by atoms with van der Waals surface area (Å²) >= 11 is 0. The monoisotopic (exact) mass is 630 g/mol. The summed E-state index contributed by atoms with van der Waals surface area (Å²) in [5.41, 5.74) is 5.44. The van der Waals surface area contributed by atoms with E-state index in [-0.39, 0.29) is 9.79 Å². The van der Waals surface area contributed by atoms with Crippen LogP contribution in [0.3, 0.4) is 0 Å². The van der Waals surface area contributed by atoms with Crippen LogP contribution in [0.5, 0.6) is 0 Å². The molecule has 0 aliphatic rings.